The summed E-state index contributed by atoms with van der Waals surface area (Å²) in [5.74, 6) is 1.76. The Balaban J connectivity index is 1.42. The van der Waals surface area contributed by atoms with Gasteiger partial charge in [-0.25, -0.2) is 19.5 Å². The lowest BCUT2D eigenvalue weighted by molar-refractivity contribution is 0.634. The Bertz CT molecular complexity index is 1040. The number of hydrogen-bond acceptors (Lipinski definition) is 6. The lowest BCUT2D eigenvalue weighted by Gasteiger charge is -2.35. The fraction of sp³-hybridized carbons (Fsp3) is 0.200. The van der Waals surface area contributed by atoms with Gasteiger partial charge in [0, 0.05) is 56.5 Å². The average molecular weight is 357 g/mol. The molecule has 0 bridgehead atoms. The Labute approximate surface area is 156 Å². The molecular formula is C20H19N7. The molecule has 1 fully saturated rings. The molecule has 1 aromatic carbocycles. The third-order valence-electron chi connectivity index (χ3n) is 4.85. The average Bonchev–Trinajstić information content (AvgIpc) is 3.20. The number of anilines is 2. The summed E-state index contributed by atoms with van der Waals surface area (Å²) in [5.41, 5.74) is 3.10. The maximum Gasteiger partial charge on any atom is 0.225 e. The molecule has 0 saturated carbocycles. The molecule has 5 rings (SSSR count). The van der Waals surface area contributed by atoms with E-state index in [9.17, 15) is 0 Å². The molecule has 0 atom stereocenters. The molecule has 4 heterocycles. The predicted octanol–water partition coefficient (Wildman–Crippen LogP) is 2.51. The van der Waals surface area contributed by atoms with E-state index in [1.165, 1.54) is 0 Å². The fourth-order valence-electron chi connectivity index (χ4n) is 3.47. The van der Waals surface area contributed by atoms with E-state index < -0.39 is 0 Å². The van der Waals surface area contributed by atoms with Crippen LogP contribution in [0.2, 0.25) is 0 Å². The van der Waals surface area contributed by atoms with Crippen LogP contribution in [0.25, 0.3) is 16.8 Å². The monoisotopic (exact) mass is 357 g/mol. The summed E-state index contributed by atoms with van der Waals surface area (Å²) >= 11 is 0. The van der Waals surface area contributed by atoms with E-state index in [1.54, 1.807) is 12.4 Å². The second kappa shape index (κ2) is 6.68. The van der Waals surface area contributed by atoms with E-state index in [-0.39, 0.29) is 0 Å². The normalized spacial score (nSPS) is 14.7. The molecule has 7 heteroatoms. The highest BCUT2D eigenvalue weighted by Crippen LogP contribution is 2.26. The van der Waals surface area contributed by atoms with Crippen molar-refractivity contribution in [1.82, 2.24) is 24.6 Å². The van der Waals surface area contributed by atoms with Crippen molar-refractivity contribution >= 4 is 17.3 Å². The number of piperazine rings is 1. The van der Waals surface area contributed by atoms with Gasteiger partial charge in [-0.3, -0.25) is 0 Å². The SMILES string of the molecule is c1ccc(-c2cc3c(N4CCN(c5ncccn5)CC4)nccn3n2)cc1. The fourth-order valence-corrected chi connectivity index (χ4v) is 3.47. The van der Waals surface area contributed by atoms with E-state index in [0.29, 0.717) is 0 Å². The van der Waals surface area contributed by atoms with Gasteiger partial charge in [-0.15, -0.1) is 0 Å². The first-order chi connectivity index (χ1) is 13.4. The van der Waals surface area contributed by atoms with Crippen LogP contribution in [0.15, 0.2) is 67.3 Å². The third-order valence-corrected chi connectivity index (χ3v) is 4.85. The van der Waals surface area contributed by atoms with Crippen LogP contribution in [0.5, 0.6) is 0 Å². The highest BCUT2D eigenvalue weighted by atomic mass is 15.3. The Morgan fingerprint density at radius 2 is 1.48 bits per heavy atom. The number of aromatic nitrogens is 5. The zero-order chi connectivity index (χ0) is 18.1. The Kier molecular flexibility index (Phi) is 3.90. The Morgan fingerprint density at radius 1 is 0.741 bits per heavy atom. The molecule has 0 N–H and O–H groups in total. The number of benzene rings is 1. The van der Waals surface area contributed by atoms with Gasteiger partial charge < -0.3 is 9.80 Å². The second-order valence-corrected chi connectivity index (χ2v) is 6.50. The van der Waals surface area contributed by atoms with Crippen LogP contribution in [-0.4, -0.2) is 50.7 Å². The minimum Gasteiger partial charge on any atom is -0.351 e. The molecular weight excluding hydrogens is 338 g/mol. The lowest BCUT2D eigenvalue weighted by Crippen LogP contribution is -2.47. The molecule has 1 aliphatic rings. The van der Waals surface area contributed by atoms with Crippen LogP contribution in [-0.2, 0) is 0 Å². The summed E-state index contributed by atoms with van der Waals surface area (Å²) in [6.07, 6.45) is 7.29. The third kappa shape index (κ3) is 2.97. The maximum atomic E-state index is 4.72. The number of fused-ring (bicyclic) bond motifs is 1. The van der Waals surface area contributed by atoms with Gasteiger partial charge in [-0.1, -0.05) is 30.3 Å². The first-order valence-corrected chi connectivity index (χ1v) is 9.05. The van der Waals surface area contributed by atoms with Gasteiger partial charge in [0.25, 0.3) is 0 Å². The number of nitrogens with zero attached hydrogens (tertiary/aromatic N) is 7. The summed E-state index contributed by atoms with van der Waals surface area (Å²) in [5, 5.41) is 4.72. The highest BCUT2D eigenvalue weighted by Gasteiger charge is 2.22. The van der Waals surface area contributed by atoms with Gasteiger partial charge in [-0.05, 0) is 12.1 Å². The molecule has 27 heavy (non-hydrogen) atoms. The first-order valence-electron chi connectivity index (χ1n) is 9.05. The molecule has 1 aliphatic heterocycles. The molecule has 0 aliphatic carbocycles. The van der Waals surface area contributed by atoms with Gasteiger partial charge in [0.2, 0.25) is 5.95 Å². The van der Waals surface area contributed by atoms with Gasteiger partial charge in [0.1, 0.15) is 5.52 Å². The summed E-state index contributed by atoms with van der Waals surface area (Å²) in [4.78, 5) is 17.9. The summed E-state index contributed by atoms with van der Waals surface area (Å²) in [6.45, 7) is 3.48. The standard InChI is InChI=1S/C20H19N7/c1-2-5-16(6-3-1)17-15-18-19(21-9-10-27(18)24-17)25-11-13-26(14-12-25)20-22-7-4-8-23-20/h1-10,15H,11-14H2. The quantitative estimate of drug-likeness (QED) is 0.561. The number of hydrogen-bond donors (Lipinski definition) is 0. The van der Waals surface area contributed by atoms with Crippen LogP contribution in [0.3, 0.4) is 0 Å². The summed E-state index contributed by atoms with van der Waals surface area (Å²) in [6, 6.07) is 14.2. The van der Waals surface area contributed by atoms with Crippen molar-refractivity contribution in [2.45, 2.75) is 0 Å². The molecule has 134 valence electrons. The van der Waals surface area contributed by atoms with Crippen LogP contribution in [0.4, 0.5) is 11.8 Å². The lowest BCUT2D eigenvalue weighted by atomic mass is 10.1. The Hall–Kier alpha value is -3.48. The highest BCUT2D eigenvalue weighted by molar-refractivity contribution is 5.75. The Morgan fingerprint density at radius 3 is 2.26 bits per heavy atom. The van der Waals surface area contributed by atoms with Gasteiger partial charge in [0.15, 0.2) is 5.82 Å². The zero-order valence-corrected chi connectivity index (χ0v) is 14.8. The van der Waals surface area contributed by atoms with E-state index in [2.05, 4.69) is 43.0 Å². The predicted molar refractivity (Wildman–Crippen MR) is 105 cm³/mol. The van der Waals surface area contributed by atoms with E-state index in [4.69, 9.17) is 5.10 Å². The molecule has 4 aromatic rings. The van der Waals surface area contributed by atoms with Crippen molar-refractivity contribution in [2.75, 3.05) is 36.0 Å². The molecule has 0 amide bonds. The summed E-state index contributed by atoms with van der Waals surface area (Å²) < 4.78 is 1.91. The van der Waals surface area contributed by atoms with Gasteiger partial charge in [-0.2, -0.15) is 5.10 Å². The minimum absolute atomic E-state index is 0.791. The first kappa shape index (κ1) is 15.7. The second-order valence-electron chi connectivity index (χ2n) is 6.50. The topological polar surface area (TPSA) is 62.5 Å². The number of rotatable bonds is 3. The van der Waals surface area contributed by atoms with E-state index in [1.807, 2.05) is 41.2 Å². The van der Waals surface area contributed by atoms with E-state index in [0.717, 1.165) is 54.7 Å². The van der Waals surface area contributed by atoms with Gasteiger partial charge >= 0.3 is 0 Å². The van der Waals surface area contributed by atoms with Crippen molar-refractivity contribution in [2.24, 2.45) is 0 Å². The van der Waals surface area contributed by atoms with Crippen molar-refractivity contribution in [1.29, 1.82) is 0 Å². The molecule has 1 saturated heterocycles. The molecule has 0 spiro atoms. The van der Waals surface area contributed by atoms with Crippen LogP contribution >= 0.6 is 0 Å². The van der Waals surface area contributed by atoms with Crippen molar-refractivity contribution in [3.63, 3.8) is 0 Å². The largest absolute Gasteiger partial charge is 0.351 e. The molecule has 0 radical (unpaired) electrons. The van der Waals surface area contributed by atoms with Crippen LogP contribution in [0, 0.1) is 0 Å². The van der Waals surface area contributed by atoms with E-state index >= 15 is 0 Å². The molecule has 0 unspecified atom stereocenters. The van der Waals surface area contributed by atoms with Crippen LogP contribution < -0.4 is 9.80 Å². The molecule has 3 aromatic heterocycles. The maximum absolute atomic E-state index is 4.72. The smallest absolute Gasteiger partial charge is 0.225 e. The minimum atomic E-state index is 0.791. The molecule has 7 nitrogen and oxygen atoms in total. The van der Waals surface area contributed by atoms with Crippen molar-refractivity contribution in [3.05, 3.63) is 67.3 Å². The van der Waals surface area contributed by atoms with Gasteiger partial charge in [0.05, 0.1) is 5.69 Å². The van der Waals surface area contributed by atoms with Crippen molar-refractivity contribution in [3.8, 4) is 11.3 Å². The van der Waals surface area contributed by atoms with Crippen LogP contribution in [0.1, 0.15) is 0 Å². The van der Waals surface area contributed by atoms with Crippen molar-refractivity contribution < 1.29 is 0 Å². The summed E-state index contributed by atoms with van der Waals surface area (Å²) in [7, 11) is 0. The zero-order valence-electron chi connectivity index (χ0n) is 14.8.